The molecule has 2 heterocycles. The van der Waals surface area contributed by atoms with E-state index in [4.69, 9.17) is 15.7 Å². The van der Waals surface area contributed by atoms with Crippen LogP contribution in [0, 0.1) is 0 Å². The summed E-state index contributed by atoms with van der Waals surface area (Å²) in [5.41, 5.74) is 5.61. The fourth-order valence-electron chi connectivity index (χ4n) is 1.99. The van der Waals surface area contributed by atoms with Crippen LogP contribution in [0.5, 0.6) is 0 Å². The number of nitrogens with zero attached hydrogens (tertiary/aromatic N) is 3. The molecule has 4 N–H and O–H groups in total. The van der Waals surface area contributed by atoms with Gasteiger partial charge in [0.05, 0.1) is 6.04 Å². The molecule has 13 heteroatoms. The number of carboxylic acids is 1. The fraction of sp³-hybridized carbons (Fsp3) is 0.417. The molecule has 2 amide bonds. The van der Waals surface area contributed by atoms with Crippen LogP contribution in [-0.4, -0.2) is 116 Å². The van der Waals surface area contributed by atoms with Crippen molar-refractivity contribution >= 4 is 91.3 Å². The molecule has 1 aliphatic heterocycles. The molecule has 1 aromatic heterocycles. The number of nitrogens with two attached hydrogens (primary N) is 1. The number of carbonyl (C=O) groups excluding carboxylic acids is 2. The maximum absolute atomic E-state index is 12.3. The van der Waals surface area contributed by atoms with Crippen LogP contribution in [0.1, 0.15) is 12.6 Å². The van der Waals surface area contributed by atoms with E-state index in [-0.39, 0.29) is 67.9 Å². The van der Waals surface area contributed by atoms with E-state index >= 15 is 0 Å². The summed E-state index contributed by atoms with van der Waals surface area (Å²) in [5, 5.41) is 17.3. The van der Waals surface area contributed by atoms with Crippen LogP contribution in [0.25, 0.3) is 0 Å². The first-order chi connectivity index (χ1) is 11.3. The Labute approximate surface area is 188 Å². The summed E-state index contributed by atoms with van der Waals surface area (Å²) in [7, 11) is 1.27. The average molecular weight is 397 g/mol. The van der Waals surface area contributed by atoms with Crippen LogP contribution >= 0.6 is 11.3 Å². The van der Waals surface area contributed by atoms with Gasteiger partial charge in [-0.15, -0.1) is 11.3 Å². The molecule has 1 saturated heterocycles. The van der Waals surface area contributed by atoms with Gasteiger partial charge < -0.3 is 21.0 Å². The Kier molecular flexibility index (Phi) is 8.39. The van der Waals surface area contributed by atoms with E-state index in [9.17, 15) is 14.4 Å². The molecule has 0 spiro atoms. The number of aromatic nitrogens is 1. The summed E-state index contributed by atoms with van der Waals surface area (Å²) in [6.45, 7) is 0.952. The molecule has 2 rings (SSSR count). The van der Waals surface area contributed by atoms with Gasteiger partial charge >= 0.3 is 57.4 Å². The summed E-state index contributed by atoms with van der Waals surface area (Å²) in [5.74, 6) is -2.45. The summed E-state index contributed by atoms with van der Waals surface area (Å²) >= 11 is 1.12. The summed E-state index contributed by atoms with van der Waals surface area (Å²) in [6.07, 6.45) is 0. The number of nitrogen functional groups attached to an aromatic ring is 1. The molecule has 25 heavy (non-hydrogen) atoms. The Bertz CT molecular complexity index is 695. The second-order valence-electron chi connectivity index (χ2n) is 4.72. The maximum atomic E-state index is 12.3. The standard InChI is InChI=1S/C12H15N5O6S.K.H/c1-5-8(11(21)17(5)23-3-7(18)19)15-10(20)9(16-22-2)6-4-24-12(13)14-6;;/h4-5,8H,3H2,1-2H3,(H2,13,14)(H,15,20)(H,18,19);;/b16-9-;;/t5-,8-;;/m0../s1. The molecule has 0 aromatic carbocycles. The molecule has 1 aromatic rings. The van der Waals surface area contributed by atoms with E-state index in [2.05, 4.69) is 20.3 Å². The third-order valence-electron chi connectivity index (χ3n) is 3.11. The molecule has 0 radical (unpaired) electrons. The number of rotatable bonds is 7. The van der Waals surface area contributed by atoms with Crippen molar-refractivity contribution in [2.24, 2.45) is 5.16 Å². The van der Waals surface area contributed by atoms with Crippen LogP contribution in [0.15, 0.2) is 10.5 Å². The van der Waals surface area contributed by atoms with Crippen LogP contribution < -0.4 is 11.1 Å². The summed E-state index contributed by atoms with van der Waals surface area (Å²) in [4.78, 5) is 48.1. The molecule has 132 valence electrons. The van der Waals surface area contributed by atoms with E-state index in [1.807, 2.05) is 0 Å². The van der Waals surface area contributed by atoms with Gasteiger partial charge in [0.1, 0.15) is 18.8 Å². The van der Waals surface area contributed by atoms with Gasteiger partial charge in [0.2, 0.25) is 0 Å². The van der Waals surface area contributed by atoms with Crippen molar-refractivity contribution in [1.82, 2.24) is 15.4 Å². The number of hydrogen-bond acceptors (Lipinski definition) is 9. The van der Waals surface area contributed by atoms with Gasteiger partial charge in [0.25, 0.3) is 11.8 Å². The third kappa shape index (κ3) is 5.19. The van der Waals surface area contributed by atoms with E-state index in [0.717, 1.165) is 16.4 Å². The number of carboxylic acid groups (broad SMARTS) is 1. The van der Waals surface area contributed by atoms with Crippen molar-refractivity contribution in [1.29, 1.82) is 0 Å². The molecule has 2 atom stereocenters. The molecule has 1 aliphatic rings. The number of oxime groups is 1. The van der Waals surface area contributed by atoms with Gasteiger partial charge in [-0.1, -0.05) is 5.16 Å². The number of hydrogen-bond donors (Lipinski definition) is 3. The number of carbonyl (C=O) groups is 3. The first kappa shape index (κ1) is 21.9. The molecule has 0 bridgehead atoms. The second kappa shape index (κ2) is 9.56. The Balaban J connectivity index is 0.00000312. The molecule has 1 fully saturated rings. The second-order valence-corrected chi connectivity index (χ2v) is 5.61. The van der Waals surface area contributed by atoms with Gasteiger partial charge in [0, 0.05) is 5.38 Å². The van der Waals surface area contributed by atoms with Crippen LogP contribution in [-0.2, 0) is 24.1 Å². The molecule has 11 nitrogen and oxygen atoms in total. The summed E-state index contributed by atoms with van der Waals surface area (Å²) in [6, 6.07) is -1.41. The van der Waals surface area contributed by atoms with Gasteiger partial charge in [-0.3, -0.25) is 14.4 Å². The van der Waals surface area contributed by atoms with Gasteiger partial charge in [0.15, 0.2) is 17.5 Å². The van der Waals surface area contributed by atoms with Crippen molar-refractivity contribution in [3.63, 3.8) is 0 Å². The molecule has 0 unspecified atom stereocenters. The summed E-state index contributed by atoms with van der Waals surface area (Å²) < 4.78 is 0. The average Bonchev–Trinajstić information content (AvgIpc) is 2.96. The van der Waals surface area contributed by atoms with Crippen molar-refractivity contribution < 1.29 is 29.2 Å². The van der Waals surface area contributed by atoms with Crippen LogP contribution in [0.2, 0.25) is 0 Å². The van der Waals surface area contributed by atoms with Crippen LogP contribution in [0.4, 0.5) is 5.13 Å². The Hall–Kier alpha value is -1.09. The number of thiazole rings is 1. The first-order valence-electron chi connectivity index (χ1n) is 6.66. The number of amides is 2. The van der Waals surface area contributed by atoms with Crippen molar-refractivity contribution in [2.75, 3.05) is 19.5 Å². The topological polar surface area (TPSA) is 156 Å². The van der Waals surface area contributed by atoms with Crippen molar-refractivity contribution in [2.45, 2.75) is 19.0 Å². The van der Waals surface area contributed by atoms with Crippen molar-refractivity contribution in [3.8, 4) is 0 Å². The van der Waals surface area contributed by atoms with Crippen LogP contribution in [0.3, 0.4) is 0 Å². The normalized spacial score (nSPS) is 19.7. The van der Waals surface area contributed by atoms with E-state index in [0.29, 0.717) is 0 Å². The Morgan fingerprint density at radius 3 is 2.72 bits per heavy atom. The SMILES string of the molecule is CO/N=C(\C(=O)N[C@@H]1C(=O)N(OCC(=O)O)[C@H]1C)c1csc(N)n1.[KH]. The number of nitrogens with one attached hydrogen (secondary N) is 1. The monoisotopic (exact) mass is 397 g/mol. The number of β-lactam (4-membered cyclic amide) rings is 1. The minimum absolute atomic E-state index is 0. The van der Waals surface area contributed by atoms with Gasteiger partial charge in [-0.2, -0.15) is 0 Å². The molecular formula is C12H16KN5O6S. The predicted molar refractivity (Wildman–Crippen MR) is 89.0 cm³/mol. The molecule has 0 aliphatic carbocycles. The minimum atomic E-state index is -1.21. The predicted octanol–water partition coefficient (Wildman–Crippen LogP) is -1.84. The van der Waals surface area contributed by atoms with Gasteiger partial charge in [-0.25, -0.2) is 14.8 Å². The zero-order valence-corrected chi connectivity index (χ0v) is 13.6. The fourth-order valence-corrected chi connectivity index (χ4v) is 2.54. The zero-order valence-electron chi connectivity index (χ0n) is 12.8. The van der Waals surface area contributed by atoms with E-state index in [1.165, 1.54) is 12.5 Å². The van der Waals surface area contributed by atoms with E-state index in [1.54, 1.807) is 6.92 Å². The Morgan fingerprint density at radius 2 is 2.24 bits per heavy atom. The van der Waals surface area contributed by atoms with Crippen molar-refractivity contribution in [3.05, 3.63) is 11.1 Å². The first-order valence-corrected chi connectivity index (χ1v) is 7.54. The molecular weight excluding hydrogens is 381 g/mol. The van der Waals surface area contributed by atoms with E-state index < -0.39 is 36.5 Å². The molecule has 0 saturated carbocycles. The zero-order chi connectivity index (χ0) is 17.9. The Morgan fingerprint density at radius 1 is 1.56 bits per heavy atom. The quantitative estimate of drug-likeness (QED) is 0.210. The number of aliphatic carboxylic acids is 1. The third-order valence-corrected chi connectivity index (χ3v) is 3.79. The number of hydroxylamine groups is 2. The van der Waals surface area contributed by atoms with Gasteiger partial charge in [-0.05, 0) is 6.92 Å². The number of anilines is 1.